The molecule has 4 rings (SSSR count). The summed E-state index contributed by atoms with van der Waals surface area (Å²) in [5.41, 5.74) is 2.07. The summed E-state index contributed by atoms with van der Waals surface area (Å²) in [5, 5.41) is 8.07. The number of hydrogen-bond acceptors (Lipinski definition) is 5. The second-order valence-electron chi connectivity index (χ2n) is 8.16. The van der Waals surface area contributed by atoms with Crippen molar-refractivity contribution in [3.63, 3.8) is 0 Å². The number of benzene rings is 1. The molecule has 0 aliphatic carbocycles. The van der Waals surface area contributed by atoms with Crippen molar-refractivity contribution in [2.75, 3.05) is 25.0 Å². The van der Waals surface area contributed by atoms with Crippen LogP contribution in [0.25, 0.3) is 16.9 Å². The normalized spacial score (nSPS) is 16.2. The van der Waals surface area contributed by atoms with E-state index in [1.807, 2.05) is 12.1 Å². The molecular formula is C22H26F3N5O. The van der Waals surface area contributed by atoms with Gasteiger partial charge in [-0.3, -0.25) is 0 Å². The maximum atomic E-state index is 12.4. The van der Waals surface area contributed by atoms with Crippen molar-refractivity contribution in [3.8, 4) is 17.0 Å². The van der Waals surface area contributed by atoms with E-state index in [0.717, 1.165) is 38.3 Å². The van der Waals surface area contributed by atoms with E-state index in [1.54, 1.807) is 22.8 Å². The molecule has 31 heavy (non-hydrogen) atoms. The van der Waals surface area contributed by atoms with Gasteiger partial charge in [0.05, 0.1) is 11.9 Å². The van der Waals surface area contributed by atoms with Crippen LogP contribution in [0.5, 0.6) is 5.75 Å². The van der Waals surface area contributed by atoms with Crippen molar-refractivity contribution in [2.45, 2.75) is 39.1 Å². The molecule has 2 aromatic heterocycles. The lowest BCUT2D eigenvalue weighted by atomic mass is 9.96. The van der Waals surface area contributed by atoms with Crippen molar-refractivity contribution in [3.05, 3.63) is 42.6 Å². The first-order valence-corrected chi connectivity index (χ1v) is 10.5. The predicted molar refractivity (Wildman–Crippen MR) is 113 cm³/mol. The molecule has 1 N–H and O–H groups in total. The van der Waals surface area contributed by atoms with Gasteiger partial charge in [-0.25, -0.2) is 9.50 Å². The van der Waals surface area contributed by atoms with Crippen LogP contribution in [-0.4, -0.2) is 51.5 Å². The number of alkyl halides is 3. The zero-order chi connectivity index (χ0) is 22.0. The van der Waals surface area contributed by atoms with Crippen molar-refractivity contribution in [1.82, 2.24) is 19.5 Å². The zero-order valence-corrected chi connectivity index (χ0v) is 17.6. The van der Waals surface area contributed by atoms with Gasteiger partial charge < -0.3 is 15.0 Å². The van der Waals surface area contributed by atoms with Gasteiger partial charge in [-0.15, -0.1) is 18.3 Å². The number of imidazole rings is 1. The van der Waals surface area contributed by atoms with Gasteiger partial charge in [-0.2, -0.15) is 0 Å². The van der Waals surface area contributed by atoms with E-state index in [9.17, 15) is 13.2 Å². The molecule has 166 valence electrons. The lowest BCUT2D eigenvalue weighted by Crippen LogP contribution is -2.39. The van der Waals surface area contributed by atoms with Gasteiger partial charge in [-0.05, 0) is 82.1 Å². The highest BCUT2D eigenvalue weighted by molar-refractivity contribution is 5.64. The van der Waals surface area contributed by atoms with E-state index in [1.165, 1.54) is 12.1 Å². The van der Waals surface area contributed by atoms with Gasteiger partial charge in [0.1, 0.15) is 11.6 Å². The number of piperidine rings is 1. The van der Waals surface area contributed by atoms with Crippen molar-refractivity contribution in [2.24, 2.45) is 5.92 Å². The summed E-state index contributed by atoms with van der Waals surface area (Å²) in [6.45, 7) is 7.57. The molecule has 3 heterocycles. The number of nitrogens with zero attached hydrogens (tertiary/aromatic N) is 4. The summed E-state index contributed by atoms with van der Waals surface area (Å²) in [5.74, 6) is 1.09. The van der Waals surface area contributed by atoms with Gasteiger partial charge in [0.25, 0.3) is 0 Å². The molecule has 0 radical (unpaired) electrons. The van der Waals surface area contributed by atoms with Gasteiger partial charge in [0, 0.05) is 18.2 Å². The van der Waals surface area contributed by atoms with E-state index in [0.29, 0.717) is 28.9 Å². The SMILES string of the molecule is CC(C)N1CCC(CNc2ccc3ncc(-c4ccc(OC(F)(F)F)cc4)n3n2)CC1. The highest BCUT2D eigenvalue weighted by Gasteiger charge is 2.31. The quantitative estimate of drug-likeness (QED) is 0.604. The number of fused-ring (bicyclic) bond motifs is 1. The summed E-state index contributed by atoms with van der Waals surface area (Å²) in [4.78, 5) is 6.85. The van der Waals surface area contributed by atoms with Crippen molar-refractivity contribution in [1.29, 1.82) is 0 Å². The summed E-state index contributed by atoms with van der Waals surface area (Å²) >= 11 is 0. The minimum absolute atomic E-state index is 0.260. The molecule has 0 spiro atoms. The van der Waals surface area contributed by atoms with Crippen LogP contribution in [0.4, 0.5) is 19.0 Å². The fourth-order valence-corrected chi connectivity index (χ4v) is 3.91. The molecule has 0 bridgehead atoms. The molecule has 0 amide bonds. The molecule has 0 atom stereocenters. The third kappa shape index (κ3) is 5.28. The molecule has 6 nitrogen and oxygen atoms in total. The Labute approximate surface area is 179 Å². The molecule has 0 saturated carbocycles. The fraction of sp³-hybridized carbons (Fsp3) is 0.455. The minimum atomic E-state index is -4.71. The van der Waals surface area contributed by atoms with Crippen molar-refractivity contribution < 1.29 is 17.9 Å². The van der Waals surface area contributed by atoms with E-state index in [4.69, 9.17) is 0 Å². The van der Waals surface area contributed by atoms with Crippen LogP contribution in [0.3, 0.4) is 0 Å². The molecular weight excluding hydrogens is 407 g/mol. The monoisotopic (exact) mass is 433 g/mol. The Morgan fingerprint density at radius 3 is 2.45 bits per heavy atom. The average Bonchev–Trinajstić information content (AvgIpc) is 3.15. The van der Waals surface area contributed by atoms with Crippen LogP contribution in [0.2, 0.25) is 0 Å². The Kier molecular flexibility index (Phi) is 6.04. The van der Waals surface area contributed by atoms with E-state index in [2.05, 4.69) is 38.9 Å². The minimum Gasteiger partial charge on any atom is -0.406 e. The Bertz CT molecular complexity index is 1010. The summed E-state index contributed by atoms with van der Waals surface area (Å²) in [7, 11) is 0. The van der Waals surface area contributed by atoms with Crippen LogP contribution in [-0.2, 0) is 0 Å². The Hall–Kier alpha value is -2.81. The third-order valence-corrected chi connectivity index (χ3v) is 5.70. The van der Waals surface area contributed by atoms with Crippen molar-refractivity contribution >= 4 is 11.5 Å². The third-order valence-electron chi connectivity index (χ3n) is 5.70. The molecule has 1 aliphatic heterocycles. The number of aromatic nitrogens is 3. The maximum Gasteiger partial charge on any atom is 0.573 e. The molecule has 0 unspecified atom stereocenters. The smallest absolute Gasteiger partial charge is 0.406 e. The van der Waals surface area contributed by atoms with Gasteiger partial charge >= 0.3 is 6.36 Å². The lowest BCUT2D eigenvalue weighted by molar-refractivity contribution is -0.274. The highest BCUT2D eigenvalue weighted by atomic mass is 19.4. The zero-order valence-electron chi connectivity index (χ0n) is 17.6. The standard InChI is InChI=1S/C22H26F3N5O/c1-15(2)29-11-9-16(10-12-29)13-26-20-7-8-21-27-14-19(30(21)28-20)17-3-5-18(6-4-17)31-22(23,24)25/h3-8,14-16H,9-13H2,1-2H3,(H,26,28). The lowest BCUT2D eigenvalue weighted by Gasteiger charge is -2.34. The first-order chi connectivity index (χ1) is 14.8. The Morgan fingerprint density at radius 1 is 1.10 bits per heavy atom. The maximum absolute atomic E-state index is 12.4. The number of anilines is 1. The molecule has 1 aliphatic rings. The van der Waals surface area contributed by atoms with Gasteiger partial charge in [-0.1, -0.05) is 0 Å². The summed E-state index contributed by atoms with van der Waals surface area (Å²) in [6.07, 6.45) is -0.724. The van der Waals surface area contributed by atoms with E-state index >= 15 is 0 Å². The molecule has 3 aromatic rings. The van der Waals surface area contributed by atoms with Crippen LogP contribution in [0.15, 0.2) is 42.6 Å². The summed E-state index contributed by atoms with van der Waals surface area (Å²) in [6, 6.07) is 10.1. The average molecular weight is 433 g/mol. The Balaban J connectivity index is 1.44. The van der Waals surface area contributed by atoms with Crippen LogP contribution < -0.4 is 10.1 Å². The van der Waals surface area contributed by atoms with Crippen LogP contribution in [0, 0.1) is 5.92 Å². The largest absolute Gasteiger partial charge is 0.573 e. The second kappa shape index (κ2) is 8.74. The van der Waals surface area contributed by atoms with Gasteiger partial charge in [0.15, 0.2) is 5.65 Å². The first kappa shape index (κ1) is 21.4. The number of ether oxygens (including phenoxy) is 1. The topological polar surface area (TPSA) is 54.7 Å². The summed E-state index contributed by atoms with van der Waals surface area (Å²) < 4.78 is 42.8. The van der Waals surface area contributed by atoms with E-state index < -0.39 is 6.36 Å². The number of hydrogen-bond donors (Lipinski definition) is 1. The number of rotatable bonds is 6. The Morgan fingerprint density at radius 2 is 1.81 bits per heavy atom. The van der Waals surface area contributed by atoms with Crippen LogP contribution >= 0.6 is 0 Å². The predicted octanol–water partition coefficient (Wildman–Crippen LogP) is 4.83. The molecule has 1 saturated heterocycles. The molecule has 1 aromatic carbocycles. The van der Waals surface area contributed by atoms with Gasteiger partial charge in [0.2, 0.25) is 0 Å². The van der Waals surface area contributed by atoms with Crippen LogP contribution in [0.1, 0.15) is 26.7 Å². The first-order valence-electron chi connectivity index (χ1n) is 10.5. The van der Waals surface area contributed by atoms with E-state index in [-0.39, 0.29) is 5.75 Å². The number of nitrogens with one attached hydrogen (secondary N) is 1. The second-order valence-corrected chi connectivity index (χ2v) is 8.16. The fourth-order valence-electron chi connectivity index (χ4n) is 3.91. The highest BCUT2D eigenvalue weighted by Crippen LogP contribution is 2.27. The molecule has 1 fully saturated rings. The molecule has 9 heteroatoms. The number of halogens is 3. The number of likely N-dealkylation sites (tertiary alicyclic amines) is 1.